The lowest BCUT2D eigenvalue weighted by molar-refractivity contribution is -0.117. The van der Waals surface area contributed by atoms with Gasteiger partial charge in [-0.15, -0.1) is 0 Å². The zero-order valence-corrected chi connectivity index (χ0v) is 9.87. The van der Waals surface area contributed by atoms with Crippen LogP contribution in [0.4, 0.5) is 11.5 Å². The summed E-state index contributed by atoms with van der Waals surface area (Å²) < 4.78 is 0. The maximum absolute atomic E-state index is 11.8. The largest absolute Gasteiger partial charge is 0.357 e. The number of hydrogen-bond donors (Lipinski definition) is 2. The zero-order valence-electron chi connectivity index (χ0n) is 9.87. The van der Waals surface area contributed by atoms with Crippen LogP contribution in [0.3, 0.4) is 0 Å². The SMILES string of the molecule is Cc1cnc2c(c1)NC(=O)C(CC(C)C)N2. The van der Waals surface area contributed by atoms with Gasteiger partial charge in [-0.1, -0.05) is 13.8 Å². The number of nitrogens with one attached hydrogen (secondary N) is 2. The highest BCUT2D eigenvalue weighted by Gasteiger charge is 2.26. The van der Waals surface area contributed by atoms with E-state index in [1.54, 1.807) is 6.20 Å². The Labute approximate surface area is 95.5 Å². The topological polar surface area (TPSA) is 54.0 Å². The third-order valence-corrected chi connectivity index (χ3v) is 2.62. The van der Waals surface area contributed by atoms with Crippen molar-refractivity contribution in [3.63, 3.8) is 0 Å². The summed E-state index contributed by atoms with van der Waals surface area (Å²) in [6, 6.07) is 1.77. The van der Waals surface area contributed by atoms with Gasteiger partial charge in [0.2, 0.25) is 5.91 Å². The maximum Gasteiger partial charge on any atom is 0.247 e. The molecule has 0 radical (unpaired) electrons. The van der Waals surface area contributed by atoms with Crippen molar-refractivity contribution in [2.45, 2.75) is 33.2 Å². The molecule has 1 aromatic heterocycles. The summed E-state index contributed by atoms with van der Waals surface area (Å²) in [5, 5.41) is 6.07. The van der Waals surface area contributed by atoms with Crippen LogP contribution in [0.2, 0.25) is 0 Å². The summed E-state index contributed by atoms with van der Waals surface area (Å²) in [4.78, 5) is 16.1. The van der Waals surface area contributed by atoms with E-state index in [2.05, 4.69) is 29.5 Å². The number of amides is 1. The molecule has 0 aliphatic carbocycles. The third kappa shape index (κ3) is 2.15. The Bertz CT molecular complexity index is 415. The van der Waals surface area contributed by atoms with Gasteiger partial charge in [-0.2, -0.15) is 0 Å². The smallest absolute Gasteiger partial charge is 0.247 e. The van der Waals surface area contributed by atoms with E-state index in [-0.39, 0.29) is 11.9 Å². The summed E-state index contributed by atoms with van der Waals surface area (Å²) >= 11 is 0. The highest BCUT2D eigenvalue weighted by Crippen LogP contribution is 2.26. The van der Waals surface area contributed by atoms with Crippen molar-refractivity contribution < 1.29 is 4.79 Å². The molecule has 1 amide bonds. The predicted molar refractivity (Wildman–Crippen MR) is 64.5 cm³/mol. The van der Waals surface area contributed by atoms with Crippen LogP contribution in [0.25, 0.3) is 0 Å². The second kappa shape index (κ2) is 4.12. The van der Waals surface area contributed by atoms with Crippen LogP contribution < -0.4 is 10.6 Å². The number of rotatable bonds is 2. The van der Waals surface area contributed by atoms with Crippen LogP contribution in [0.15, 0.2) is 12.3 Å². The number of aromatic nitrogens is 1. The Morgan fingerprint density at radius 1 is 1.50 bits per heavy atom. The van der Waals surface area contributed by atoms with Crippen LogP contribution in [-0.4, -0.2) is 16.9 Å². The van der Waals surface area contributed by atoms with E-state index in [0.29, 0.717) is 5.92 Å². The molecule has 0 bridgehead atoms. The van der Waals surface area contributed by atoms with Gasteiger partial charge in [0, 0.05) is 6.20 Å². The molecule has 0 saturated heterocycles. The number of pyridine rings is 1. The van der Waals surface area contributed by atoms with Crippen molar-refractivity contribution in [1.82, 2.24) is 4.98 Å². The molecular weight excluding hydrogens is 202 g/mol. The second-order valence-electron chi connectivity index (χ2n) is 4.72. The van der Waals surface area contributed by atoms with E-state index in [9.17, 15) is 4.79 Å². The summed E-state index contributed by atoms with van der Waals surface area (Å²) in [7, 11) is 0. The monoisotopic (exact) mass is 219 g/mol. The number of carbonyl (C=O) groups excluding carboxylic acids is 1. The molecule has 2 heterocycles. The van der Waals surface area contributed by atoms with Crippen LogP contribution in [0, 0.1) is 12.8 Å². The molecule has 16 heavy (non-hydrogen) atoms. The van der Waals surface area contributed by atoms with Gasteiger partial charge < -0.3 is 10.6 Å². The van der Waals surface area contributed by atoms with Crippen molar-refractivity contribution in [3.05, 3.63) is 17.8 Å². The lowest BCUT2D eigenvalue weighted by atomic mass is 10.0. The fraction of sp³-hybridized carbons (Fsp3) is 0.500. The van der Waals surface area contributed by atoms with Gasteiger partial charge in [-0.05, 0) is 30.9 Å². The minimum Gasteiger partial charge on any atom is -0.357 e. The Balaban J connectivity index is 2.22. The summed E-state index contributed by atoms with van der Waals surface area (Å²) in [5.74, 6) is 1.29. The van der Waals surface area contributed by atoms with E-state index in [1.165, 1.54) is 0 Å². The molecule has 0 fully saturated rings. The van der Waals surface area contributed by atoms with Crippen LogP contribution in [-0.2, 0) is 4.79 Å². The number of anilines is 2. The molecule has 0 spiro atoms. The molecule has 4 nitrogen and oxygen atoms in total. The van der Waals surface area contributed by atoms with Gasteiger partial charge in [-0.3, -0.25) is 4.79 Å². The van der Waals surface area contributed by atoms with Crippen molar-refractivity contribution in [3.8, 4) is 0 Å². The number of aryl methyl sites for hydroxylation is 1. The maximum atomic E-state index is 11.8. The van der Waals surface area contributed by atoms with Crippen molar-refractivity contribution in [2.75, 3.05) is 10.6 Å². The van der Waals surface area contributed by atoms with Gasteiger partial charge in [-0.25, -0.2) is 4.98 Å². The van der Waals surface area contributed by atoms with E-state index in [1.807, 2.05) is 13.0 Å². The number of hydrogen-bond acceptors (Lipinski definition) is 3. The van der Waals surface area contributed by atoms with Crippen molar-refractivity contribution >= 4 is 17.4 Å². The zero-order chi connectivity index (χ0) is 11.7. The summed E-state index contributed by atoms with van der Waals surface area (Å²) in [6.07, 6.45) is 2.62. The first-order valence-corrected chi connectivity index (χ1v) is 5.60. The van der Waals surface area contributed by atoms with E-state index in [0.717, 1.165) is 23.5 Å². The summed E-state index contributed by atoms with van der Waals surface area (Å²) in [6.45, 7) is 6.17. The fourth-order valence-corrected chi connectivity index (χ4v) is 1.87. The van der Waals surface area contributed by atoms with Crippen molar-refractivity contribution in [1.29, 1.82) is 0 Å². The Kier molecular flexibility index (Phi) is 2.81. The molecule has 1 atom stereocenters. The normalized spacial score (nSPS) is 19.0. The van der Waals surface area contributed by atoms with Gasteiger partial charge in [0.25, 0.3) is 0 Å². The van der Waals surface area contributed by atoms with Gasteiger partial charge in [0.05, 0.1) is 5.69 Å². The van der Waals surface area contributed by atoms with Gasteiger partial charge >= 0.3 is 0 Å². The lowest BCUT2D eigenvalue weighted by Crippen LogP contribution is -2.40. The summed E-state index contributed by atoms with van der Waals surface area (Å²) in [5.41, 5.74) is 1.83. The standard InChI is InChI=1S/C12H17N3O/c1-7(2)4-10-12(16)15-9-5-8(3)6-13-11(9)14-10/h5-7,10H,4H2,1-3H3,(H,13,14)(H,15,16). The molecule has 0 aromatic carbocycles. The minimum absolute atomic E-state index is 0.0357. The Hall–Kier alpha value is -1.58. The first kappa shape index (κ1) is 10.9. The first-order chi connectivity index (χ1) is 7.56. The minimum atomic E-state index is -0.164. The fourth-order valence-electron chi connectivity index (χ4n) is 1.87. The second-order valence-corrected chi connectivity index (χ2v) is 4.72. The molecule has 4 heteroatoms. The molecule has 2 N–H and O–H groups in total. The number of nitrogens with zero attached hydrogens (tertiary/aromatic N) is 1. The molecule has 0 saturated carbocycles. The highest BCUT2D eigenvalue weighted by atomic mass is 16.2. The Morgan fingerprint density at radius 2 is 2.25 bits per heavy atom. The first-order valence-electron chi connectivity index (χ1n) is 5.60. The van der Waals surface area contributed by atoms with Crippen molar-refractivity contribution in [2.24, 2.45) is 5.92 Å². The molecule has 1 aliphatic rings. The molecule has 86 valence electrons. The van der Waals surface area contributed by atoms with Crippen LogP contribution in [0.1, 0.15) is 25.8 Å². The van der Waals surface area contributed by atoms with Crippen LogP contribution >= 0.6 is 0 Å². The van der Waals surface area contributed by atoms with Gasteiger partial charge in [0.1, 0.15) is 11.9 Å². The van der Waals surface area contributed by atoms with E-state index < -0.39 is 0 Å². The molecule has 1 aromatic rings. The predicted octanol–water partition coefficient (Wildman–Crippen LogP) is 2.17. The van der Waals surface area contributed by atoms with E-state index in [4.69, 9.17) is 0 Å². The third-order valence-electron chi connectivity index (χ3n) is 2.62. The average molecular weight is 219 g/mol. The quantitative estimate of drug-likeness (QED) is 0.801. The number of carbonyl (C=O) groups is 1. The van der Waals surface area contributed by atoms with Gasteiger partial charge in [0.15, 0.2) is 0 Å². The lowest BCUT2D eigenvalue weighted by Gasteiger charge is -2.27. The van der Waals surface area contributed by atoms with Crippen LogP contribution in [0.5, 0.6) is 0 Å². The van der Waals surface area contributed by atoms with E-state index >= 15 is 0 Å². The molecule has 1 unspecified atom stereocenters. The highest BCUT2D eigenvalue weighted by molar-refractivity contribution is 6.02. The molecule has 1 aliphatic heterocycles. The average Bonchev–Trinajstić information content (AvgIpc) is 2.19. The Morgan fingerprint density at radius 3 is 2.94 bits per heavy atom. The number of fused-ring (bicyclic) bond motifs is 1. The molecular formula is C12H17N3O. The molecule has 2 rings (SSSR count).